The number of amides is 3. The standard InChI is InChI=1S/C19H25N3O5/c1-18(2,3)26-16(24)22(17(25)27-19(4,5)6)14-9-7-13(8-10-14)21-15(23)11-12-20/h7-10H,11H2,1-6H3,(H,21,23). The largest absolute Gasteiger partial charge is 0.443 e. The highest BCUT2D eigenvalue weighted by Gasteiger charge is 2.32. The Labute approximate surface area is 159 Å². The van der Waals surface area contributed by atoms with Crippen LogP contribution in [0.25, 0.3) is 0 Å². The third-order valence-electron chi connectivity index (χ3n) is 2.80. The number of nitrogens with one attached hydrogen (secondary N) is 1. The molecule has 0 atom stereocenters. The molecule has 0 aliphatic heterocycles. The van der Waals surface area contributed by atoms with Crippen LogP contribution in [0.3, 0.4) is 0 Å². The van der Waals surface area contributed by atoms with E-state index in [1.54, 1.807) is 47.6 Å². The zero-order valence-electron chi connectivity index (χ0n) is 16.5. The molecule has 8 heteroatoms. The van der Waals surface area contributed by atoms with Gasteiger partial charge in [0.1, 0.15) is 17.6 Å². The molecule has 0 aliphatic rings. The second kappa shape index (κ2) is 8.54. The smallest absolute Gasteiger partial charge is 0.424 e. The van der Waals surface area contributed by atoms with E-state index in [4.69, 9.17) is 14.7 Å². The number of nitrogens with zero attached hydrogens (tertiary/aromatic N) is 2. The molecule has 0 heterocycles. The Balaban J connectivity index is 3.11. The summed E-state index contributed by atoms with van der Waals surface area (Å²) in [5.74, 6) is -0.457. The van der Waals surface area contributed by atoms with Crippen molar-refractivity contribution in [2.75, 3.05) is 10.2 Å². The lowest BCUT2D eigenvalue weighted by Gasteiger charge is -2.28. The lowest BCUT2D eigenvalue weighted by Crippen LogP contribution is -2.43. The number of hydrogen-bond acceptors (Lipinski definition) is 6. The molecular weight excluding hydrogens is 350 g/mol. The Morgan fingerprint density at radius 1 is 0.963 bits per heavy atom. The summed E-state index contributed by atoms with van der Waals surface area (Å²) < 4.78 is 10.6. The molecule has 0 saturated carbocycles. The average Bonchev–Trinajstić information content (AvgIpc) is 2.45. The minimum Gasteiger partial charge on any atom is -0.443 e. The van der Waals surface area contributed by atoms with E-state index >= 15 is 0 Å². The Morgan fingerprint density at radius 3 is 1.78 bits per heavy atom. The van der Waals surface area contributed by atoms with E-state index in [1.165, 1.54) is 24.3 Å². The van der Waals surface area contributed by atoms with Crippen LogP contribution < -0.4 is 10.2 Å². The molecule has 1 rings (SSSR count). The Kier molecular flexibility index (Phi) is 6.94. The molecule has 0 saturated heterocycles. The number of imide groups is 1. The van der Waals surface area contributed by atoms with Crippen LogP contribution >= 0.6 is 0 Å². The van der Waals surface area contributed by atoms with E-state index in [2.05, 4.69) is 5.32 Å². The first-order chi connectivity index (χ1) is 12.3. The maximum absolute atomic E-state index is 12.5. The monoisotopic (exact) mass is 375 g/mol. The van der Waals surface area contributed by atoms with Crippen LogP contribution in [0.15, 0.2) is 24.3 Å². The van der Waals surface area contributed by atoms with Crippen molar-refractivity contribution in [2.24, 2.45) is 0 Å². The van der Waals surface area contributed by atoms with Crippen LogP contribution in [0.4, 0.5) is 21.0 Å². The fourth-order valence-electron chi connectivity index (χ4n) is 1.87. The fraction of sp³-hybridized carbons (Fsp3) is 0.474. The van der Waals surface area contributed by atoms with Crippen LogP contribution in [-0.2, 0) is 14.3 Å². The SMILES string of the molecule is CC(C)(C)OC(=O)N(C(=O)OC(C)(C)C)c1ccc(NC(=O)CC#N)cc1. The molecule has 1 aromatic carbocycles. The van der Waals surface area contributed by atoms with Crippen LogP contribution in [0.1, 0.15) is 48.0 Å². The highest BCUT2D eigenvalue weighted by Crippen LogP contribution is 2.23. The Hall–Kier alpha value is -3.08. The van der Waals surface area contributed by atoms with Crippen LogP contribution in [0.2, 0.25) is 0 Å². The number of nitriles is 1. The third kappa shape index (κ3) is 7.77. The number of rotatable bonds is 3. The van der Waals surface area contributed by atoms with Gasteiger partial charge in [-0.1, -0.05) is 0 Å². The third-order valence-corrected chi connectivity index (χ3v) is 2.80. The first kappa shape index (κ1) is 22.0. The number of carbonyl (C=O) groups is 3. The first-order valence-corrected chi connectivity index (χ1v) is 8.35. The lowest BCUT2D eigenvalue weighted by atomic mass is 10.2. The van der Waals surface area contributed by atoms with Gasteiger partial charge >= 0.3 is 12.2 Å². The summed E-state index contributed by atoms with van der Waals surface area (Å²) in [5.41, 5.74) is -0.963. The molecule has 0 aromatic heterocycles. The fourth-order valence-corrected chi connectivity index (χ4v) is 1.87. The zero-order valence-corrected chi connectivity index (χ0v) is 16.5. The molecule has 0 unspecified atom stereocenters. The van der Waals surface area contributed by atoms with E-state index in [1.807, 2.05) is 0 Å². The number of ether oxygens (including phenoxy) is 2. The second-order valence-corrected chi connectivity index (χ2v) is 7.73. The highest BCUT2D eigenvalue weighted by molar-refractivity contribution is 6.09. The van der Waals surface area contributed by atoms with Crippen molar-refractivity contribution < 1.29 is 23.9 Å². The van der Waals surface area contributed by atoms with Gasteiger partial charge in [0, 0.05) is 5.69 Å². The van der Waals surface area contributed by atoms with Gasteiger partial charge in [-0.2, -0.15) is 10.2 Å². The lowest BCUT2D eigenvalue weighted by molar-refractivity contribution is -0.115. The highest BCUT2D eigenvalue weighted by atomic mass is 16.6. The van der Waals surface area contributed by atoms with Gasteiger partial charge in [0.2, 0.25) is 5.91 Å². The number of hydrogen-bond donors (Lipinski definition) is 1. The molecule has 0 fully saturated rings. The Bertz CT molecular complexity index is 709. The maximum Gasteiger partial charge on any atom is 0.424 e. The number of carbonyl (C=O) groups excluding carboxylic acids is 3. The van der Waals surface area contributed by atoms with Crippen LogP contribution in [-0.4, -0.2) is 29.3 Å². The van der Waals surface area contributed by atoms with Gasteiger partial charge in [-0.25, -0.2) is 9.59 Å². The van der Waals surface area contributed by atoms with Crippen LogP contribution in [0.5, 0.6) is 0 Å². The van der Waals surface area contributed by atoms with Gasteiger partial charge < -0.3 is 14.8 Å². The van der Waals surface area contributed by atoms with E-state index in [-0.39, 0.29) is 12.1 Å². The maximum atomic E-state index is 12.5. The summed E-state index contributed by atoms with van der Waals surface area (Å²) in [6, 6.07) is 7.70. The quantitative estimate of drug-likeness (QED) is 0.847. The van der Waals surface area contributed by atoms with Gasteiger partial charge in [-0.3, -0.25) is 4.79 Å². The summed E-state index contributed by atoms with van der Waals surface area (Å²) in [6.07, 6.45) is -2.03. The number of anilines is 2. The zero-order chi connectivity index (χ0) is 20.8. The summed E-state index contributed by atoms with van der Waals surface area (Å²) in [5, 5.41) is 11.1. The second-order valence-electron chi connectivity index (χ2n) is 7.73. The van der Waals surface area contributed by atoms with Crippen molar-refractivity contribution in [3.63, 3.8) is 0 Å². The molecule has 8 nitrogen and oxygen atoms in total. The minimum absolute atomic E-state index is 0.219. The van der Waals surface area contributed by atoms with Crippen molar-refractivity contribution in [3.8, 4) is 6.07 Å². The van der Waals surface area contributed by atoms with Crippen molar-refractivity contribution in [1.82, 2.24) is 0 Å². The predicted octanol–water partition coefficient (Wildman–Crippen LogP) is 4.22. The molecular formula is C19H25N3O5. The Morgan fingerprint density at radius 2 is 1.41 bits per heavy atom. The van der Waals surface area contributed by atoms with Gasteiger partial charge in [0.15, 0.2) is 0 Å². The minimum atomic E-state index is -0.877. The molecule has 27 heavy (non-hydrogen) atoms. The molecule has 1 N–H and O–H groups in total. The summed E-state index contributed by atoms with van der Waals surface area (Å²) in [6.45, 7) is 10.1. The predicted molar refractivity (Wildman–Crippen MR) is 100 cm³/mol. The van der Waals surface area contributed by atoms with Crippen molar-refractivity contribution >= 4 is 29.5 Å². The van der Waals surface area contributed by atoms with Crippen molar-refractivity contribution in [3.05, 3.63) is 24.3 Å². The van der Waals surface area contributed by atoms with Gasteiger partial charge in [-0.15, -0.1) is 0 Å². The molecule has 0 bridgehead atoms. The van der Waals surface area contributed by atoms with Gasteiger partial charge in [0.05, 0.1) is 11.8 Å². The molecule has 3 amide bonds. The molecule has 146 valence electrons. The molecule has 1 aromatic rings. The van der Waals surface area contributed by atoms with E-state index < -0.39 is 29.3 Å². The van der Waals surface area contributed by atoms with E-state index in [0.29, 0.717) is 5.69 Å². The molecule has 0 spiro atoms. The van der Waals surface area contributed by atoms with Crippen molar-refractivity contribution in [1.29, 1.82) is 5.26 Å². The summed E-state index contributed by atoms with van der Waals surface area (Å²) in [7, 11) is 0. The van der Waals surface area contributed by atoms with Crippen LogP contribution in [0, 0.1) is 11.3 Å². The normalized spacial score (nSPS) is 11.1. The van der Waals surface area contributed by atoms with Crippen molar-refractivity contribution in [2.45, 2.75) is 59.2 Å². The first-order valence-electron chi connectivity index (χ1n) is 8.35. The summed E-state index contributed by atoms with van der Waals surface area (Å²) >= 11 is 0. The summed E-state index contributed by atoms with van der Waals surface area (Å²) in [4.78, 5) is 37.3. The molecule has 0 aliphatic carbocycles. The average molecular weight is 375 g/mol. The van der Waals surface area contributed by atoms with E-state index in [0.717, 1.165) is 4.90 Å². The van der Waals surface area contributed by atoms with E-state index in [9.17, 15) is 14.4 Å². The van der Waals surface area contributed by atoms with Gasteiger partial charge in [-0.05, 0) is 65.8 Å². The molecule has 0 radical (unpaired) electrons. The van der Waals surface area contributed by atoms with Gasteiger partial charge in [0.25, 0.3) is 0 Å². The topological polar surface area (TPSA) is 109 Å². The number of benzene rings is 1.